The van der Waals surface area contributed by atoms with Crippen LogP contribution in [0.2, 0.25) is 0 Å². The third-order valence-electron chi connectivity index (χ3n) is 1.90. The van der Waals surface area contributed by atoms with Crippen LogP contribution in [0.4, 0.5) is 5.82 Å². The summed E-state index contributed by atoms with van der Waals surface area (Å²) in [5.41, 5.74) is 0.884. The summed E-state index contributed by atoms with van der Waals surface area (Å²) in [5.74, 6) is 0.203. The fourth-order valence-electron chi connectivity index (χ4n) is 1.10. The zero-order chi connectivity index (χ0) is 12.5. The first-order chi connectivity index (χ1) is 7.99. The minimum Gasteiger partial charge on any atom is -0.261 e. The number of nitrogens with zero attached hydrogens (tertiary/aromatic N) is 2. The van der Waals surface area contributed by atoms with Gasteiger partial charge in [-0.25, -0.2) is 13.4 Å². The van der Waals surface area contributed by atoms with Crippen LogP contribution in [0, 0.1) is 6.92 Å². The first-order valence-electron chi connectivity index (χ1n) is 4.54. The van der Waals surface area contributed by atoms with Crippen LogP contribution in [-0.2, 0) is 10.0 Å². The number of thiophene rings is 1. The Labute approximate surface area is 111 Å². The Morgan fingerprint density at radius 1 is 1.41 bits per heavy atom. The van der Waals surface area contributed by atoms with E-state index in [1.54, 1.807) is 6.07 Å². The van der Waals surface area contributed by atoms with Crippen LogP contribution in [0.15, 0.2) is 32.7 Å². The SMILES string of the molecule is Cc1cc(S(=O)(=O)Nc2cnccn2)sc1Br. The third-order valence-corrected chi connectivity index (χ3v) is 5.87. The largest absolute Gasteiger partial charge is 0.272 e. The highest BCUT2D eigenvalue weighted by Crippen LogP contribution is 2.31. The van der Waals surface area contributed by atoms with Crippen LogP contribution in [-0.4, -0.2) is 18.4 Å². The van der Waals surface area contributed by atoms with Crippen LogP contribution >= 0.6 is 27.3 Å². The van der Waals surface area contributed by atoms with Gasteiger partial charge in [-0.15, -0.1) is 11.3 Å². The summed E-state index contributed by atoms with van der Waals surface area (Å²) in [5, 5.41) is 0. The number of sulfonamides is 1. The fourth-order valence-corrected chi connectivity index (χ4v) is 4.32. The molecule has 0 aromatic carbocycles. The van der Waals surface area contributed by atoms with Gasteiger partial charge in [0, 0.05) is 12.4 Å². The van der Waals surface area contributed by atoms with Gasteiger partial charge < -0.3 is 0 Å². The molecule has 5 nitrogen and oxygen atoms in total. The molecule has 0 saturated carbocycles. The second-order valence-electron chi connectivity index (χ2n) is 3.22. The lowest BCUT2D eigenvalue weighted by molar-refractivity contribution is 0.603. The fraction of sp³-hybridized carbons (Fsp3) is 0.111. The molecule has 1 N–H and O–H groups in total. The molecular formula is C9H8BrN3O2S2. The van der Waals surface area contributed by atoms with Crippen LogP contribution in [0.25, 0.3) is 0 Å². The Balaban J connectivity index is 2.32. The summed E-state index contributed by atoms with van der Waals surface area (Å²) in [6.45, 7) is 1.84. The summed E-state index contributed by atoms with van der Waals surface area (Å²) in [6, 6.07) is 1.60. The molecule has 0 bridgehead atoms. The predicted octanol–water partition coefficient (Wildman–Crippen LogP) is 2.41. The standard InChI is InChI=1S/C9H8BrN3O2S2/c1-6-4-8(16-9(6)10)17(14,15)13-7-5-11-2-3-12-7/h2-5H,1H3,(H,12,13). The van der Waals surface area contributed by atoms with E-state index >= 15 is 0 Å². The highest BCUT2D eigenvalue weighted by Gasteiger charge is 2.18. The van der Waals surface area contributed by atoms with Crippen LogP contribution < -0.4 is 4.72 Å². The Hall–Kier alpha value is -0.990. The van der Waals surface area contributed by atoms with E-state index in [-0.39, 0.29) is 10.0 Å². The lowest BCUT2D eigenvalue weighted by atomic mass is 10.4. The van der Waals surface area contributed by atoms with Crippen molar-refractivity contribution in [3.8, 4) is 0 Å². The smallest absolute Gasteiger partial charge is 0.261 e. The third kappa shape index (κ3) is 2.82. The van der Waals surface area contributed by atoms with Crippen molar-refractivity contribution in [3.05, 3.63) is 34.0 Å². The first-order valence-corrected chi connectivity index (χ1v) is 7.63. The molecule has 0 amide bonds. The molecule has 0 atom stereocenters. The van der Waals surface area contributed by atoms with Gasteiger partial charge in [0.15, 0.2) is 5.82 Å². The number of aryl methyl sites for hydroxylation is 1. The molecule has 0 spiro atoms. The highest BCUT2D eigenvalue weighted by atomic mass is 79.9. The highest BCUT2D eigenvalue weighted by molar-refractivity contribution is 9.11. The number of anilines is 1. The maximum atomic E-state index is 12.0. The number of halogens is 1. The van der Waals surface area contributed by atoms with E-state index in [1.165, 1.54) is 18.6 Å². The Kier molecular flexibility index (Phi) is 3.45. The summed E-state index contributed by atoms with van der Waals surface area (Å²) in [4.78, 5) is 7.65. The van der Waals surface area contributed by atoms with Crippen molar-refractivity contribution in [2.45, 2.75) is 11.1 Å². The van der Waals surface area contributed by atoms with E-state index in [9.17, 15) is 8.42 Å². The molecule has 0 saturated heterocycles. The lowest BCUT2D eigenvalue weighted by Crippen LogP contribution is -2.12. The van der Waals surface area contributed by atoms with Gasteiger partial charge in [-0.05, 0) is 34.5 Å². The van der Waals surface area contributed by atoms with E-state index in [4.69, 9.17) is 0 Å². The maximum absolute atomic E-state index is 12.0. The van der Waals surface area contributed by atoms with Crippen molar-refractivity contribution in [2.24, 2.45) is 0 Å². The van der Waals surface area contributed by atoms with Crippen molar-refractivity contribution in [3.63, 3.8) is 0 Å². The molecule has 2 rings (SSSR count). The molecule has 0 aliphatic rings. The average Bonchev–Trinajstić information content (AvgIpc) is 2.61. The molecule has 0 fully saturated rings. The second kappa shape index (κ2) is 4.71. The van der Waals surface area contributed by atoms with Crippen LogP contribution in [0.5, 0.6) is 0 Å². The summed E-state index contributed by atoms with van der Waals surface area (Å²) in [7, 11) is -3.58. The van der Waals surface area contributed by atoms with Gasteiger partial charge in [-0.1, -0.05) is 0 Å². The maximum Gasteiger partial charge on any atom is 0.272 e. The van der Waals surface area contributed by atoms with Crippen LogP contribution in [0.3, 0.4) is 0 Å². The molecule has 0 radical (unpaired) electrons. The quantitative estimate of drug-likeness (QED) is 0.936. The summed E-state index contributed by atoms with van der Waals surface area (Å²) >= 11 is 4.45. The van der Waals surface area contributed by atoms with E-state index in [0.29, 0.717) is 0 Å². The Morgan fingerprint density at radius 2 is 2.18 bits per heavy atom. The number of hydrogen-bond donors (Lipinski definition) is 1. The Bertz CT molecular complexity index is 605. The van der Waals surface area contributed by atoms with Crippen molar-refractivity contribution in [1.82, 2.24) is 9.97 Å². The molecule has 0 aliphatic heterocycles. The zero-order valence-corrected chi connectivity index (χ0v) is 11.9. The second-order valence-corrected chi connectivity index (χ2v) is 7.50. The molecule has 0 unspecified atom stereocenters. The van der Waals surface area contributed by atoms with Crippen LogP contribution in [0.1, 0.15) is 5.56 Å². The van der Waals surface area contributed by atoms with E-state index in [1.807, 2.05) is 6.92 Å². The van der Waals surface area contributed by atoms with Gasteiger partial charge in [0.2, 0.25) is 0 Å². The lowest BCUT2D eigenvalue weighted by Gasteiger charge is -2.03. The van der Waals surface area contributed by atoms with E-state index in [2.05, 4.69) is 30.6 Å². The average molecular weight is 334 g/mol. The van der Waals surface area contributed by atoms with Gasteiger partial charge in [-0.3, -0.25) is 9.71 Å². The number of aromatic nitrogens is 2. The Morgan fingerprint density at radius 3 is 2.71 bits per heavy atom. The van der Waals surface area contributed by atoms with Gasteiger partial charge in [-0.2, -0.15) is 0 Å². The van der Waals surface area contributed by atoms with Gasteiger partial charge in [0.25, 0.3) is 10.0 Å². The number of nitrogens with one attached hydrogen (secondary N) is 1. The number of rotatable bonds is 3. The molecular weight excluding hydrogens is 326 g/mol. The molecule has 2 aromatic heterocycles. The minimum atomic E-state index is -3.58. The topological polar surface area (TPSA) is 72.0 Å². The van der Waals surface area contributed by atoms with Crippen molar-refractivity contribution < 1.29 is 8.42 Å². The molecule has 90 valence electrons. The summed E-state index contributed by atoms with van der Waals surface area (Å²) in [6.07, 6.45) is 4.25. The molecule has 2 aromatic rings. The molecule has 8 heteroatoms. The molecule has 0 aliphatic carbocycles. The van der Waals surface area contributed by atoms with Gasteiger partial charge in [0.05, 0.1) is 9.98 Å². The molecule has 2 heterocycles. The van der Waals surface area contributed by atoms with Crippen molar-refractivity contribution >= 4 is 43.1 Å². The predicted molar refractivity (Wildman–Crippen MR) is 69.6 cm³/mol. The van der Waals surface area contributed by atoms with Gasteiger partial charge in [0.1, 0.15) is 4.21 Å². The van der Waals surface area contributed by atoms with Crippen molar-refractivity contribution in [1.29, 1.82) is 0 Å². The molecule has 17 heavy (non-hydrogen) atoms. The number of hydrogen-bond acceptors (Lipinski definition) is 5. The first kappa shape index (κ1) is 12.5. The normalized spacial score (nSPS) is 11.4. The zero-order valence-electron chi connectivity index (χ0n) is 8.71. The summed E-state index contributed by atoms with van der Waals surface area (Å²) < 4.78 is 27.4. The van der Waals surface area contributed by atoms with Crippen molar-refractivity contribution in [2.75, 3.05) is 4.72 Å². The van der Waals surface area contributed by atoms with Gasteiger partial charge >= 0.3 is 0 Å². The minimum absolute atomic E-state index is 0.203. The van der Waals surface area contributed by atoms with E-state index < -0.39 is 10.0 Å². The van der Waals surface area contributed by atoms with E-state index in [0.717, 1.165) is 20.7 Å². The monoisotopic (exact) mass is 333 g/mol.